The summed E-state index contributed by atoms with van der Waals surface area (Å²) >= 11 is 0. The molecule has 0 amide bonds. The molecule has 0 bridgehead atoms. The number of carbonyl (C=O) groups excluding carboxylic acids is 1. The van der Waals surface area contributed by atoms with Crippen LogP contribution in [0.5, 0.6) is 0 Å². The zero-order valence-electron chi connectivity index (χ0n) is 8.51. The van der Waals surface area contributed by atoms with E-state index in [2.05, 4.69) is 0 Å². The number of aryl methyl sites for hydroxylation is 1. The molecule has 1 aromatic carbocycles. The van der Waals surface area contributed by atoms with Crippen molar-refractivity contribution in [1.82, 2.24) is 0 Å². The summed E-state index contributed by atoms with van der Waals surface area (Å²) in [6, 6.07) is 5.44. The van der Waals surface area contributed by atoms with Gasteiger partial charge in [0.05, 0.1) is 0 Å². The van der Waals surface area contributed by atoms with E-state index < -0.39 is 18.1 Å². The van der Waals surface area contributed by atoms with Crippen LogP contribution in [0.2, 0.25) is 0 Å². The van der Waals surface area contributed by atoms with Gasteiger partial charge in [-0.05, 0) is 12.0 Å². The Hall–Kier alpha value is -1.39. The van der Waals surface area contributed by atoms with E-state index in [9.17, 15) is 22.4 Å². The highest BCUT2D eigenvalue weighted by molar-refractivity contribution is 5.99. The average molecular weight is 234 g/mol. The maximum atomic E-state index is 12.7. The number of benzene rings is 1. The van der Waals surface area contributed by atoms with Crippen molar-refractivity contribution in [3.05, 3.63) is 35.4 Å². The van der Waals surface area contributed by atoms with Crippen molar-refractivity contribution in [2.75, 3.05) is 0 Å². The molecule has 16 heavy (non-hydrogen) atoms. The number of carbonyl (C=O) groups is 1. The number of halogens is 4. The van der Waals surface area contributed by atoms with Gasteiger partial charge in [0.2, 0.25) is 5.78 Å². The molecule has 0 aliphatic carbocycles. The highest BCUT2D eigenvalue weighted by atomic mass is 19.4. The van der Waals surface area contributed by atoms with Gasteiger partial charge in [0.25, 0.3) is 6.17 Å². The van der Waals surface area contributed by atoms with E-state index in [0.29, 0.717) is 6.42 Å². The van der Waals surface area contributed by atoms with Gasteiger partial charge in [0, 0.05) is 5.56 Å². The molecule has 0 fully saturated rings. The SMILES string of the molecule is CCc1ccc(C(=O)C(F)C(F)(F)F)cc1. The lowest BCUT2D eigenvalue weighted by Gasteiger charge is -2.11. The summed E-state index contributed by atoms with van der Waals surface area (Å²) < 4.78 is 48.5. The molecule has 0 heterocycles. The van der Waals surface area contributed by atoms with Gasteiger partial charge >= 0.3 is 6.18 Å². The molecule has 0 N–H and O–H groups in total. The van der Waals surface area contributed by atoms with Crippen LogP contribution in [0.1, 0.15) is 22.8 Å². The van der Waals surface area contributed by atoms with Crippen molar-refractivity contribution in [2.24, 2.45) is 0 Å². The van der Waals surface area contributed by atoms with Crippen LogP contribution >= 0.6 is 0 Å². The van der Waals surface area contributed by atoms with Gasteiger partial charge < -0.3 is 0 Å². The van der Waals surface area contributed by atoms with E-state index in [1.54, 1.807) is 0 Å². The van der Waals surface area contributed by atoms with E-state index in [1.165, 1.54) is 24.3 Å². The van der Waals surface area contributed by atoms with Crippen molar-refractivity contribution < 1.29 is 22.4 Å². The minimum atomic E-state index is -5.14. The minimum Gasteiger partial charge on any atom is -0.290 e. The second-order valence-electron chi connectivity index (χ2n) is 3.32. The predicted octanol–water partition coefficient (Wildman–Crippen LogP) is 3.33. The third-order valence-corrected chi connectivity index (χ3v) is 2.16. The Labute approximate surface area is 90.1 Å². The van der Waals surface area contributed by atoms with Gasteiger partial charge in [0.1, 0.15) is 0 Å². The van der Waals surface area contributed by atoms with Crippen LogP contribution in [0.4, 0.5) is 17.6 Å². The molecule has 1 aromatic rings. The van der Waals surface area contributed by atoms with Crippen LogP contribution < -0.4 is 0 Å². The summed E-state index contributed by atoms with van der Waals surface area (Å²) in [5.74, 6) is -1.55. The second kappa shape index (κ2) is 4.63. The largest absolute Gasteiger partial charge is 0.427 e. The maximum absolute atomic E-state index is 12.7. The van der Waals surface area contributed by atoms with Crippen LogP contribution in [0.3, 0.4) is 0 Å². The van der Waals surface area contributed by atoms with Gasteiger partial charge in [-0.3, -0.25) is 4.79 Å². The molecule has 0 aliphatic heterocycles. The Morgan fingerprint density at radius 3 is 2.12 bits per heavy atom. The van der Waals surface area contributed by atoms with Crippen molar-refractivity contribution in [1.29, 1.82) is 0 Å². The lowest BCUT2D eigenvalue weighted by atomic mass is 10.0. The molecular weight excluding hydrogens is 224 g/mol. The molecule has 5 heteroatoms. The topological polar surface area (TPSA) is 17.1 Å². The van der Waals surface area contributed by atoms with Crippen LogP contribution in [-0.4, -0.2) is 18.1 Å². The average Bonchev–Trinajstić information content (AvgIpc) is 2.26. The third-order valence-electron chi connectivity index (χ3n) is 2.16. The summed E-state index contributed by atoms with van der Waals surface area (Å²) in [6.07, 6.45) is -7.88. The fourth-order valence-corrected chi connectivity index (χ4v) is 1.20. The van der Waals surface area contributed by atoms with Gasteiger partial charge in [-0.15, -0.1) is 0 Å². The number of alkyl halides is 4. The van der Waals surface area contributed by atoms with Crippen molar-refractivity contribution in [2.45, 2.75) is 25.7 Å². The quantitative estimate of drug-likeness (QED) is 0.579. The summed E-state index contributed by atoms with van der Waals surface area (Å²) in [6.45, 7) is 1.87. The van der Waals surface area contributed by atoms with Gasteiger partial charge in [-0.25, -0.2) is 4.39 Å². The Kier molecular flexibility index (Phi) is 3.67. The zero-order valence-corrected chi connectivity index (χ0v) is 8.51. The Bertz CT molecular complexity index is 367. The third kappa shape index (κ3) is 2.81. The Morgan fingerprint density at radius 1 is 1.25 bits per heavy atom. The molecule has 0 spiro atoms. The van der Waals surface area contributed by atoms with Crippen molar-refractivity contribution >= 4 is 5.78 Å². The first-order valence-corrected chi connectivity index (χ1v) is 4.70. The molecule has 1 nitrogen and oxygen atoms in total. The van der Waals surface area contributed by atoms with Crippen LogP contribution in [0.25, 0.3) is 0 Å². The number of rotatable bonds is 3. The predicted molar refractivity (Wildman–Crippen MR) is 51.1 cm³/mol. The second-order valence-corrected chi connectivity index (χ2v) is 3.32. The standard InChI is InChI=1S/C11H10F4O/c1-2-7-3-5-8(6-4-7)9(16)10(12)11(13,14)15/h3-6,10H,2H2,1H3. The highest BCUT2D eigenvalue weighted by Gasteiger charge is 2.45. The molecule has 0 saturated carbocycles. The summed E-state index contributed by atoms with van der Waals surface area (Å²) in [5, 5.41) is 0. The number of hydrogen-bond donors (Lipinski definition) is 0. The highest BCUT2D eigenvalue weighted by Crippen LogP contribution is 2.25. The zero-order chi connectivity index (χ0) is 12.3. The summed E-state index contributed by atoms with van der Waals surface area (Å²) in [5.41, 5.74) is 0.612. The first kappa shape index (κ1) is 12.7. The van der Waals surface area contributed by atoms with E-state index in [4.69, 9.17) is 0 Å². The normalized spacial score (nSPS) is 13.6. The van der Waals surface area contributed by atoms with E-state index in [-0.39, 0.29) is 5.56 Å². The fraction of sp³-hybridized carbons (Fsp3) is 0.364. The minimum absolute atomic E-state index is 0.262. The van der Waals surface area contributed by atoms with E-state index in [1.807, 2.05) is 6.92 Å². The molecule has 1 unspecified atom stereocenters. The summed E-state index contributed by atoms with van der Waals surface area (Å²) in [4.78, 5) is 11.1. The molecule has 1 atom stereocenters. The molecule has 0 radical (unpaired) electrons. The van der Waals surface area contributed by atoms with E-state index in [0.717, 1.165) is 5.56 Å². The molecule has 1 rings (SSSR count). The summed E-state index contributed by atoms with van der Waals surface area (Å²) in [7, 11) is 0. The molecule has 0 aromatic heterocycles. The first-order chi connectivity index (χ1) is 7.36. The molecular formula is C11H10F4O. The number of Topliss-reactive ketones (excluding diaryl/α,β-unsaturated/α-hetero) is 1. The van der Waals surface area contributed by atoms with Crippen LogP contribution in [0, 0.1) is 0 Å². The molecule has 0 saturated heterocycles. The Morgan fingerprint density at radius 2 is 1.75 bits per heavy atom. The monoisotopic (exact) mass is 234 g/mol. The lowest BCUT2D eigenvalue weighted by Crippen LogP contribution is -2.32. The number of ketones is 1. The first-order valence-electron chi connectivity index (χ1n) is 4.70. The molecule has 88 valence electrons. The number of hydrogen-bond acceptors (Lipinski definition) is 1. The lowest BCUT2D eigenvalue weighted by molar-refractivity contribution is -0.165. The van der Waals surface area contributed by atoms with Gasteiger partial charge in [-0.1, -0.05) is 31.2 Å². The van der Waals surface area contributed by atoms with Crippen LogP contribution in [0.15, 0.2) is 24.3 Å². The maximum Gasteiger partial charge on any atom is 0.427 e. The van der Waals surface area contributed by atoms with E-state index >= 15 is 0 Å². The van der Waals surface area contributed by atoms with Crippen molar-refractivity contribution in [3.8, 4) is 0 Å². The van der Waals surface area contributed by atoms with Gasteiger partial charge in [-0.2, -0.15) is 13.2 Å². The van der Waals surface area contributed by atoms with Crippen LogP contribution in [-0.2, 0) is 6.42 Å². The molecule has 0 aliphatic rings. The fourth-order valence-electron chi connectivity index (χ4n) is 1.20. The van der Waals surface area contributed by atoms with Gasteiger partial charge in [0.15, 0.2) is 0 Å². The smallest absolute Gasteiger partial charge is 0.290 e. The Balaban J connectivity index is 2.88. The van der Waals surface area contributed by atoms with Crippen molar-refractivity contribution in [3.63, 3.8) is 0 Å².